The van der Waals surface area contributed by atoms with Crippen molar-refractivity contribution in [1.82, 2.24) is 15.2 Å². The molecule has 9 heteroatoms. The molecule has 176 valence electrons. The molecule has 4 rings (SSSR count). The van der Waals surface area contributed by atoms with Crippen molar-refractivity contribution in [3.05, 3.63) is 77.5 Å². The van der Waals surface area contributed by atoms with Crippen molar-refractivity contribution >= 4 is 18.0 Å². The Morgan fingerprint density at radius 2 is 1.71 bits per heavy atom. The number of aliphatic carboxylic acids is 1. The Balaban J connectivity index is 1.39. The molecular weight excluding hydrogens is 438 g/mol. The van der Waals surface area contributed by atoms with Crippen molar-refractivity contribution in [2.45, 2.75) is 32.4 Å². The molecule has 0 saturated heterocycles. The number of fused-ring (bicyclic) bond motifs is 3. The van der Waals surface area contributed by atoms with Gasteiger partial charge in [0.2, 0.25) is 0 Å². The summed E-state index contributed by atoms with van der Waals surface area (Å²) in [5.74, 6) is -1.68. The van der Waals surface area contributed by atoms with Crippen LogP contribution in [0.4, 0.5) is 4.79 Å². The second-order valence-electron chi connectivity index (χ2n) is 8.22. The number of ether oxygens (including phenoxy) is 1. The Hall–Kier alpha value is -4.14. The van der Waals surface area contributed by atoms with Crippen LogP contribution in [-0.2, 0) is 16.1 Å². The maximum absolute atomic E-state index is 12.8. The van der Waals surface area contributed by atoms with E-state index in [1.165, 1.54) is 0 Å². The third kappa shape index (κ3) is 4.63. The van der Waals surface area contributed by atoms with Gasteiger partial charge in [-0.25, -0.2) is 9.78 Å². The first kappa shape index (κ1) is 23.0. The highest BCUT2D eigenvalue weighted by Gasteiger charge is 2.30. The summed E-state index contributed by atoms with van der Waals surface area (Å²) in [7, 11) is 0. The lowest BCUT2D eigenvalue weighted by Crippen LogP contribution is -2.41. The predicted octanol–water partition coefficient (Wildman–Crippen LogP) is 3.65. The van der Waals surface area contributed by atoms with E-state index < -0.39 is 24.5 Å². The molecule has 3 aromatic rings. The molecule has 0 spiro atoms. The summed E-state index contributed by atoms with van der Waals surface area (Å²) in [6.07, 6.45) is 0.421. The summed E-state index contributed by atoms with van der Waals surface area (Å²) in [6, 6.07) is 15.7. The lowest BCUT2D eigenvalue weighted by molar-refractivity contribution is -0.138. The number of rotatable bonds is 8. The molecule has 2 aromatic carbocycles. The summed E-state index contributed by atoms with van der Waals surface area (Å²) in [6.45, 7) is 2.96. The first-order valence-electron chi connectivity index (χ1n) is 10.9. The molecule has 2 amide bonds. The number of amides is 2. The molecule has 1 aliphatic rings. The van der Waals surface area contributed by atoms with Gasteiger partial charge in [-0.15, -0.1) is 0 Å². The predicted molar refractivity (Wildman–Crippen MR) is 122 cm³/mol. The van der Waals surface area contributed by atoms with Gasteiger partial charge in [0.15, 0.2) is 17.8 Å². The van der Waals surface area contributed by atoms with Crippen LogP contribution in [0.15, 0.2) is 59.3 Å². The fourth-order valence-electron chi connectivity index (χ4n) is 4.14. The summed E-state index contributed by atoms with van der Waals surface area (Å²) in [5, 5.41) is 11.7. The van der Waals surface area contributed by atoms with E-state index in [9.17, 15) is 14.4 Å². The number of hydrogen-bond acceptors (Lipinski definition) is 6. The topological polar surface area (TPSA) is 122 Å². The minimum atomic E-state index is -1.14. The molecule has 1 aromatic heterocycles. The van der Waals surface area contributed by atoms with E-state index >= 15 is 0 Å². The number of benzene rings is 2. The normalized spacial score (nSPS) is 12.2. The van der Waals surface area contributed by atoms with Gasteiger partial charge in [0.05, 0.1) is 6.54 Å². The molecule has 9 nitrogen and oxygen atoms in total. The molecule has 0 unspecified atom stereocenters. The zero-order valence-electron chi connectivity index (χ0n) is 18.9. The molecule has 0 saturated carbocycles. The quantitative estimate of drug-likeness (QED) is 0.523. The lowest BCUT2D eigenvalue weighted by atomic mass is 9.98. The molecule has 0 fully saturated rings. The number of carboxylic acid groups (broad SMARTS) is 1. The number of carboxylic acids is 1. The molecule has 2 N–H and O–H groups in total. The van der Waals surface area contributed by atoms with Crippen molar-refractivity contribution in [2.24, 2.45) is 0 Å². The van der Waals surface area contributed by atoms with E-state index in [0.29, 0.717) is 0 Å². The van der Waals surface area contributed by atoms with Gasteiger partial charge < -0.3 is 24.5 Å². The number of carbonyl (C=O) groups is 3. The van der Waals surface area contributed by atoms with Crippen molar-refractivity contribution in [2.75, 3.05) is 13.2 Å². The number of aromatic nitrogens is 1. The van der Waals surface area contributed by atoms with Crippen LogP contribution < -0.4 is 5.32 Å². The van der Waals surface area contributed by atoms with E-state index in [2.05, 4.69) is 22.4 Å². The van der Waals surface area contributed by atoms with Crippen LogP contribution in [0.3, 0.4) is 0 Å². The third-order valence-corrected chi connectivity index (χ3v) is 5.77. The first-order chi connectivity index (χ1) is 16.4. The standard InChI is InChI=1S/C25H25N3O6/c1-15(2)28(12-22(29)30)24(31)23-21(34-14-27-23)11-26-25(32)33-13-20-18-9-5-3-7-16(18)17-8-4-6-10-19(17)20/h3-10,14-15,20H,11-13H2,1-2H3,(H,26,32)(H,29,30). The van der Waals surface area contributed by atoms with Gasteiger partial charge in [-0.3, -0.25) is 9.59 Å². The third-order valence-electron chi connectivity index (χ3n) is 5.77. The van der Waals surface area contributed by atoms with E-state index in [-0.39, 0.29) is 36.6 Å². The van der Waals surface area contributed by atoms with Crippen LogP contribution in [0.2, 0.25) is 0 Å². The number of carbonyl (C=O) groups excluding carboxylic acids is 2. The summed E-state index contributed by atoms with van der Waals surface area (Å²) < 4.78 is 10.8. The van der Waals surface area contributed by atoms with Gasteiger partial charge in [0.1, 0.15) is 13.2 Å². The van der Waals surface area contributed by atoms with Gasteiger partial charge in [-0.1, -0.05) is 48.5 Å². The maximum atomic E-state index is 12.8. The first-order valence-corrected chi connectivity index (χ1v) is 10.9. The van der Waals surface area contributed by atoms with Crippen molar-refractivity contribution in [3.63, 3.8) is 0 Å². The fraction of sp³-hybridized carbons (Fsp3) is 0.280. The highest BCUT2D eigenvalue weighted by molar-refractivity contribution is 5.95. The molecule has 0 radical (unpaired) electrons. The molecule has 1 aliphatic carbocycles. The Kier molecular flexibility index (Phi) is 6.62. The van der Waals surface area contributed by atoms with E-state index in [1.54, 1.807) is 13.8 Å². The monoisotopic (exact) mass is 463 g/mol. The van der Waals surface area contributed by atoms with Crippen LogP contribution in [0.25, 0.3) is 11.1 Å². The van der Waals surface area contributed by atoms with Crippen molar-refractivity contribution in [1.29, 1.82) is 0 Å². The Labute approximate surface area is 196 Å². The number of alkyl carbamates (subject to hydrolysis) is 1. The van der Waals surface area contributed by atoms with Crippen LogP contribution in [0, 0.1) is 0 Å². The number of nitrogens with zero attached hydrogens (tertiary/aromatic N) is 2. The van der Waals surface area contributed by atoms with Gasteiger partial charge in [0.25, 0.3) is 5.91 Å². The Morgan fingerprint density at radius 3 is 2.29 bits per heavy atom. The van der Waals surface area contributed by atoms with E-state index in [0.717, 1.165) is 33.5 Å². The fourth-order valence-corrected chi connectivity index (χ4v) is 4.14. The second-order valence-corrected chi connectivity index (χ2v) is 8.22. The molecule has 0 bridgehead atoms. The van der Waals surface area contributed by atoms with Gasteiger partial charge in [0, 0.05) is 12.0 Å². The Bertz CT molecular complexity index is 1170. The average Bonchev–Trinajstić information content (AvgIpc) is 3.42. The SMILES string of the molecule is CC(C)N(CC(=O)O)C(=O)c1ncoc1CNC(=O)OCC1c2ccccc2-c2ccccc21. The minimum absolute atomic E-state index is 0.0473. The highest BCUT2D eigenvalue weighted by atomic mass is 16.5. The van der Waals surface area contributed by atoms with Crippen LogP contribution in [0.1, 0.15) is 47.1 Å². The maximum Gasteiger partial charge on any atom is 0.407 e. The van der Waals surface area contributed by atoms with Gasteiger partial charge in [-0.2, -0.15) is 0 Å². The van der Waals surface area contributed by atoms with Crippen LogP contribution in [0.5, 0.6) is 0 Å². The number of oxazole rings is 1. The Morgan fingerprint density at radius 1 is 1.09 bits per heavy atom. The van der Waals surface area contributed by atoms with E-state index in [1.807, 2.05) is 36.4 Å². The lowest BCUT2D eigenvalue weighted by Gasteiger charge is -2.24. The molecule has 1 heterocycles. The second kappa shape index (κ2) is 9.78. The number of nitrogens with one attached hydrogen (secondary N) is 1. The van der Waals surface area contributed by atoms with Gasteiger partial charge >= 0.3 is 12.1 Å². The van der Waals surface area contributed by atoms with Gasteiger partial charge in [-0.05, 0) is 36.1 Å². The average molecular weight is 463 g/mol. The summed E-state index contributed by atoms with van der Waals surface area (Å²) in [5.41, 5.74) is 4.42. The highest BCUT2D eigenvalue weighted by Crippen LogP contribution is 2.44. The van der Waals surface area contributed by atoms with Crippen molar-refractivity contribution < 1.29 is 28.6 Å². The largest absolute Gasteiger partial charge is 0.480 e. The summed E-state index contributed by atoms with van der Waals surface area (Å²) in [4.78, 5) is 41.4. The van der Waals surface area contributed by atoms with Crippen LogP contribution in [-0.4, -0.2) is 52.2 Å². The molecule has 0 atom stereocenters. The number of hydrogen-bond donors (Lipinski definition) is 2. The smallest absolute Gasteiger partial charge is 0.407 e. The zero-order valence-corrected chi connectivity index (χ0v) is 18.9. The molecule has 0 aliphatic heterocycles. The van der Waals surface area contributed by atoms with Crippen LogP contribution >= 0.6 is 0 Å². The molecular formula is C25H25N3O6. The summed E-state index contributed by atoms with van der Waals surface area (Å²) >= 11 is 0. The zero-order chi connectivity index (χ0) is 24.2. The van der Waals surface area contributed by atoms with Crippen molar-refractivity contribution in [3.8, 4) is 11.1 Å². The molecule has 34 heavy (non-hydrogen) atoms. The minimum Gasteiger partial charge on any atom is -0.480 e. The van der Waals surface area contributed by atoms with E-state index in [4.69, 9.17) is 14.3 Å².